The first-order valence-electron chi connectivity index (χ1n) is 8.40. The number of nitrogens with zero attached hydrogens (tertiary/aromatic N) is 3. The normalized spacial score (nSPS) is 13.9. The fraction of sp³-hybridized carbons (Fsp3) is 0.389. The van der Waals surface area contributed by atoms with Gasteiger partial charge in [0.05, 0.1) is 17.4 Å². The van der Waals surface area contributed by atoms with Crippen molar-refractivity contribution in [1.82, 2.24) is 14.7 Å². The number of hydrogen-bond donors (Lipinski definition) is 1. The molecule has 0 atom stereocenters. The number of aromatic nitrogens is 2. The van der Waals surface area contributed by atoms with E-state index in [9.17, 15) is 9.59 Å². The smallest absolute Gasteiger partial charge is 0.256 e. The number of benzene rings is 1. The van der Waals surface area contributed by atoms with Gasteiger partial charge in [-0.25, -0.2) is 0 Å². The van der Waals surface area contributed by atoms with Gasteiger partial charge in [-0.2, -0.15) is 5.10 Å². The van der Waals surface area contributed by atoms with Gasteiger partial charge >= 0.3 is 0 Å². The maximum absolute atomic E-state index is 12.7. The topological polar surface area (TPSA) is 67.2 Å². The summed E-state index contributed by atoms with van der Waals surface area (Å²) in [6.07, 6.45) is 5.94. The Balaban J connectivity index is 1.68. The third-order valence-electron chi connectivity index (χ3n) is 4.21. The molecule has 2 heterocycles. The Kier molecular flexibility index (Phi) is 5.38. The summed E-state index contributed by atoms with van der Waals surface area (Å²) in [6, 6.07) is 4.98. The van der Waals surface area contributed by atoms with E-state index < -0.39 is 0 Å². The molecule has 1 N–H and O–H groups in total. The van der Waals surface area contributed by atoms with Crippen LogP contribution in [0.5, 0.6) is 0 Å². The molecule has 6 nitrogen and oxygen atoms in total. The van der Waals surface area contributed by atoms with Crippen molar-refractivity contribution in [2.75, 3.05) is 18.4 Å². The number of rotatable bonds is 5. The second-order valence-electron chi connectivity index (χ2n) is 6.27. The van der Waals surface area contributed by atoms with Crippen molar-refractivity contribution >= 4 is 29.1 Å². The number of carbonyl (C=O) groups is 2. The van der Waals surface area contributed by atoms with Crippen molar-refractivity contribution < 1.29 is 9.59 Å². The van der Waals surface area contributed by atoms with Crippen LogP contribution in [-0.4, -0.2) is 39.6 Å². The van der Waals surface area contributed by atoms with Crippen LogP contribution in [0.1, 0.15) is 35.2 Å². The molecule has 1 aliphatic heterocycles. The van der Waals surface area contributed by atoms with Crippen molar-refractivity contribution in [2.24, 2.45) is 0 Å². The van der Waals surface area contributed by atoms with Crippen LogP contribution in [0, 0.1) is 6.92 Å². The number of carbonyl (C=O) groups excluding carboxylic acids is 2. The Bertz CT molecular complexity index is 781. The molecule has 1 saturated heterocycles. The molecule has 0 bridgehead atoms. The lowest BCUT2D eigenvalue weighted by molar-refractivity contribution is -0.116. The number of hydrogen-bond acceptors (Lipinski definition) is 3. The van der Waals surface area contributed by atoms with E-state index in [1.807, 2.05) is 13.1 Å². The maximum atomic E-state index is 12.7. The predicted octanol–water partition coefficient (Wildman–Crippen LogP) is 3.11. The van der Waals surface area contributed by atoms with Crippen LogP contribution in [0.2, 0.25) is 5.02 Å². The van der Waals surface area contributed by atoms with Gasteiger partial charge in [-0.3, -0.25) is 14.3 Å². The van der Waals surface area contributed by atoms with E-state index in [4.69, 9.17) is 11.6 Å². The summed E-state index contributed by atoms with van der Waals surface area (Å²) in [4.78, 5) is 26.7. The zero-order valence-electron chi connectivity index (χ0n) is 14.2. The second-order valence-corrected chi connectivity index (χ2v) is 6.70. The van der Waals surface area contributed by atoms with E-state index in [2.05, 4.69) is 10.4 Å². The van der Waals surface area contributed by atoms with Gasteiger partial charge in [-0.15, -0.1) is 0 Å². The quantitative estimate of drug-likeness (QED) is 0.890. The minimum absolute atomic E-state index is 0.0852. The molecule has 0 unspecified atom stereocenters. The fourth-order valence-electron chi connectivity index (χ4n) is 2.91. The first-order chi connectivity index (χ1) is 12.0. The lowest BCUT2D eigenvalue weighted by atomic mass is 10.1. The van der Waals surface area contributed by atoms with Crippen molar-refractivity contribution in [2.45, 2.75) is 32.7 Å². The fourth-order valence-corrected chi connectivity index (χ4v) is 3.08. The van der Waals surface area contributed by atoms with E-state index in [-0.39, 0.29) is 18.2 Å². The molecular formula is C18H21ClN4O2. The number of nitrogens with one attached hydrogen (secondary N) is 1. The van der Waals surface area contributed by atoms with Gasteiger partial charge in [0.25, 0.3) is 5.91 Å². The van der Waals surface area contributed by atoms with Crippen molar-refractivity contribution in [3.05, 3.63) is 46.7 Å². The van der Waals surface area contributed by atoms with Gasteiger partial charge in [0.2, 0.25) is 5.91 Å². The molecule has 0 radical (unpaired) electrons. The molecule has 132 valence electrons. The molecule has 1 aromatic carbocycles. The van der Waals surface area contributed by atoms with Crippen molar-refractivity contribution in [1.29, 1.82) is 0 Å². The lowest BCUT2D eigenvalue weighted by Gasteiger charge is -2.18. The Morgan fingerprint density at radius 1 is 1.28 bits per heavy atom. The zero-order chi connectivity index (χ0) is 17.8. The van der Waals surface area contributed by atoms with Crippen LogP contribution in [0.4, 0.5) is 5.69 Å². The largest absolute Gasteiger partial charge is 0.339 e. The van der Waals surface area contributed by atoms with Gasteiger partial charge in [-0.1, -0.05) is 11.6 Å². The molecule has 0 saturated carbocycles. The van der Waals surface area contributed by atoms with Gasteiger partial charge in [0.1, 0.15) is 0 Å². The SMILES string of the molecule is Cc1cnn(CCC(=O)Nc2ccc(Cl)cc2C(=O)N2CCCC2)c1. The Hall–Kier alpha value is -2.34. The number of halogens is 1. The zero-order valence-corrected chi connectivity index (χ0v) is 14.9. The minimum atomic E-state index is -0.161. The number of amides is 2. The average Bonchev–Trinajstić information content (AvgIpc) is 3.25. The van der Waals surface area contributed by atoms with E-state index in [1.165, 1.54) is 0 Å². The van der Waals surface area contributed by atoms with Crippen LogP contribution < -0.4 is 5.32 Å². The van der Waals surface area contributed by atoms with E-state index in [0.717, 1.165) is 31.5 Å². The van der Waals surface area contributed by atoms with Crippen LogP contribution in [0.15, 0.2) is 30.6 Å². The molecule has 0 spiro atoms. The molecule has 25 heavy (non-hydrogen) atoms. The van der Waals surface area contributed by atoms with Gasteiger partial charge < -0.3 is 10.2 Å². The summed E-state index contributed by atoms with van der Waals surface area (Å²) in [7, 11) is 0. The van der Waals surface area contributed by atoms with E-state index in [0.29, 0.717) is 22.8 Å². The average molecular weight is 361 g/mol. The summed E-state index contributed by atoms with van der Waals surface area (Å²) < 4.78 is 1.73. The summed E-state index contributed by atoms with van der Waals surface area (Å²) in [5, 5.41) is 7.48. The lowest BCUT2D eigenvalue weighted by Crippen LogP contribution is -2.29. The Morgan fingerprint density at radius 2 is 2.04 bits per heavy atom. The second kappa shape index (κ2) is 7.70. The van der Waals surface area contributed by atoms with E-state index >= 15 is 0 Å². The molecular weight excluding hydrogens is 340 g/mol. The highest BCUT2D eigenvalue weighted by Gasteiger charge is 2.22. The van der Waals surface area contributed by atoms with Crippen molar-refractivity contribution in [3.63, 3.8) is 0 Å². The van der Waals surface area contributed by atoms with Gasteiger partial charge in [0, 0.05) is 37.3 Å². The monoisotopic (exact) mass is 360 g/mol. The van der Waals surface area contributed by atoms with Crippen molar-refractivity contribution in [3.8, 4) is 0 Å². The highest BCUT2D eigenvalue weighted by molar-refractivity contribution is 6.31. The molecule has 0 aliphatic carbocycles. The third-order valence-corrected chi connectivity index (χ3v) is 4.44. The molecule has 1 aromatic heterocycles. The Labute approximate surface area is 151 Å². The third kappa shape index (κ3) is 4.39. The number of aryl methyl sites for hydroxylation is 2. The summed E-state index contributed by atoms with van der Waals surface area (Å²) in [5.74, 6) is -0.246. The first-order valence-corrected chi connectivity index (χ1v) is 8.78. The van der Waals surface area contributed by atoms with Crippen LogP contribution in [0.25, 0.3) is 0 Å². The number of likely N-dealkylation sites (tertiary alicyclic amines) is 1. The molecule has 1 fully saturated rings. The summed E-state index contributed by atoms with van der Waals surface area (Å²) in [6.45, 7) is 3.94. The summed E-state index contributed by atoms with van der Waals surface area (Å²) >= 11 is 6.05. The predicted molar refractivity (Wildman–Crippen MR) is 96.8 cm³/mol. The number of anilines is 1. The van der Waals surface area contributed by atoms with Gasteiger partial charge in [-0.05, 0) is 43.5 Å². The maximum Gasteiger partial charge on any atom is 0.256 e. The Morgan fingerprint density at radius 3 is 2.72 bits per heavy atom. The molecule has 2 aromatic rings. The molecule has 1 aliphatic rings. The van der Waals surface area contributed by atoms with Gasteiger partial charge in [0.15, 0.2) is 0 Å². The van der Waals surface area contributed by atoms with E-state index in [1.54, 1.807) is 34.0 Å². The molecule has 7 heteroatoms. The standard InChI is InChI=1S/C18H21ClN4O2/c1-13-11-20-23(12-13)9-6-17(24)21-16-5-4-14(19)10-15(16)18(25)22-7-2-3-8-22/h4-5,10-12H,2-3,6-9H2,1H3,(H,21,24). The minimum Gasteiger partial charge on any atom is -0.339 e. The highest BCUT2D eigenvalue weighted by Crippen LogP contribution is 2.24. The molecule has 2 amide bonds. The highest BCUT2D eigenvalue weighted by atomic mass is 35.5. The first kappa shape index (κ1) is 17.5. The van der Waals surface area contributed by atoms with Crippen LogP contribution in [0.3, 0.4) is 0 Å². The van der Waals surface area contributed by atoms with Crippen LogP contribution in [-0.2, 0) is 11.3 Å². The molecule has 3 rings (SSSR count). The van der Waals surface area contributed by atoms with Crippen LogP contribution >= 0.6 is 11.6 Å². The summed E-state index contributed by atoms with van der Waals surface area (Å²) in [5.41, 5.74) is 2.00.